The van der Waals surface area contributed by atoms with Crippen LogP contribution in [0.15, 0.2) is 24.3 Å². The second-order valence-electron chi connectivity index (χ2n) is 5.43. The van der Waals surface area contributed by atoms with E-state index in [4.69, 9.17) is 10.5 Å². The van der Waals surface area contributed by atoms with E-state index in [-0.39, 0.29) is 11.9 Å². The minimum atomic E-state index is -0.752. The lowest BCUT2D eigenvalue weighted by Crippen LogP contribution is -2.54. The number of rotatable bonds is 3. The molecule has 4 nitrogen and oxygen atoms in total. The van der Waals surface area contributed by atoms with Crippen molar-refractivity contribution in [3.63, 3.8) is 0 Å². The summed E-state index contributed by atoms with van der Waals surface area (Å²) in [5.41, 5.74) is 6.40. The van der Waals surface area contributed by atoms with Gasteiger partial charge < -0.3 is 15.8 Å². The molecular weight excluding hydrogens is 228 g/mol. The summed E-state index contributed by atoms with van der Waals surface area (Å²) in [6, 6.07) is 7.72. The monoisotopic (exact) mass is 246 g/mol. The zero-order valence-electron chi connectivity index (χ0n) is 10.5. The fraction of sp³-hybridized carbons (Fsp3) is 0.500. The summed E-state index contributed by atoms with van der Waals surface area (Å²) in [5, 5.41) is 3.01. The molecule has 1 amide bonds. The summed E-state index contributed by atoms with van der Waals surface area (Å²) in [5.74, 6) is 1.11. The first-order valence-electron chi connectivity index (χ1n) is 6.40. The Kier molecular flexibility index (Phi) is 2.55. The molecule has 1 fully saturated rings. The van der Waals surface area contributed by atoms with Crippen LogP contribution in [-0.4, -0.2) is 18.1 Å². The van der Waals surface area contributed by atoms with Gasteiger partial charge in [-0.2, -0.15) is 0 Å². The fourth-order valence-corrected chi connectivity index (χ4v) is 2.46. The molecule has 0 bridgehead atoms. The van der Waals surface area contributed by atoms with Gasteiger partial charge >= 0.3 is 0 Å². The number of fused-ring (bicyclic) bond motifs is 1. The second kappa shape index (κ2) is 3.99. The van der Waals surface area contributed by atoms with Crippen LogP contribution in [0.4, 0.5) is 0 Å². The van der Waals surface area contributed by atoms with Crippen LogP contribution in [0.25, 0.3) is 0 Å². The van der Waals surface area contributed by atoms with E-state index in [1.165, 1.54) is 0 Å². The van der Waals surface area contributed by atoms with Crippen molar-refractivity contribution >= 4 is 5.91 Å². The summed E-state index contributed by atoms with van der Waals surface area (Å²) in [7, 11) is 0. The highest BCUT2D eigenvalue weighted by molar-refractivity contribution is 5.87. The number of nitrogens with two attached hydrogens (primary N) is 1. The van der Waals surface area contributed by atoms with Crippen LogP contribution in [0.5, 0.6) is 5.75 Å². The number of carbonyl (C=O) groups excluding carboxylic acids is 1. The van der Waals surface area contributed by atoms with Crippen LogP contribution in [-0.2, 0) is 4.79 Å². The quantitative estimate of drug-likeness (QED) is 0.846. The first kappa shape index (κ1) is 11.5. The van der Waals surface area contributed by atoms with E-state index in [1.54, 1.807) is 0 Å². The Hall–Kier alpha value is -1.55. The Morgan fingerprint density at radius 2 is 2.17 bits per heavy atom. The predicted octanol–water partition coefficient (Wildman–Crippen LogP) is 1.36. The maximum atomic E-state index is 12.2. The second-order valence-corrected chi connectivity index (χ2v) is 5.43. The molecule has 1 heterocycles. The number of nitrogens with one attached hydrogen (secondary N) is 1. The molecule has 3 N–H and O–H groups in total. The van der Waals surface area contributed by atoms with Gasteiger partial charge in [0.25, 0.3) is 0 Å². The van der Waals surface area contributed by atoms with E-state index in [0.717, 1.165) is 24.2 Å². The molecule has 2 aliphatic rings. The molecule has 4 heteroatoms. The lowest BCUT2D eigenvalue weighted by Gasteiger charge is -2.25. The van der Waals surface area contributed by atoms with Crippen LogP contribution in [0.3, 0.4) is 0 Å². The predicted molar refractivity (Wildman–Crippen MR) is 68.1 cm³/mol. The molecule has 0 saturated heterocycles. The molecule has 1 aliphatic heterocycles. The van der Waals surface area contributed by atoms with E-state index < -0.39 is 5.54 Å². The third kappa shape index (κ3) is 1.86. The lowest BCUT2D eigenvalue weighted by molar-refractivity contribution is -0.127. The van der Waals surface area contributed by atoms with Crippen LogP contribution < -0.4 is 15.8 Å². The summed E-state index contributed by atoms with van der Waals surface area (Å²) >= 11 is 0. The van der Waals surface area contributed by atoms with Crippen molar-refractivity contribution in [1.82, 2.24) is 5.32 Å². The minimum absolute atomic E-state index is 0.0738. The van der Waals surface area contributed by atoms with Crippen molar-refractivity contribution in [2.24, 2.45) is 11.7 Å². The van der Waals surface area contributed by atoms with Crippen LogP contribution in [0.1, 0.15) is 31.4 Å². The number of para-hydroxylation sites is 1. The normalized spacial score (nSPS) is 24.9. The van der Waals surface area contributed by atoms with E-state index in [2.05, 4.69) is 5.32 Å². The third-order valence-electron chi connectivity index (χ3n) is 3.92. The molecule has 18 heavy (non-hydrogen) atoms. The molecule has 0 spiro atoms. The molecule has 1 saturated carbocycles. The Morgan fingerprint density at radius 1 is 1.44 bits per heavy atom. The number of carbonyl (C=O) groups is 1. The van der Waals surface area contributed by atoms with Gasteiger partial charge in [0.1, 0.15) is 12.4 Å². The summed E-state index contributed by atoms with van der Waals surface area (Å²) in [6.45, 7) is 2.31. The molecule has 96 valence electrons. The average molecular weight is 246 g/mol. The van der Waals surface area contributed by atoms with Crippen molar-refractivity contribution in [2.45, 2.75) is 31.3 Å². The Balaban J connectivity index is 1.73. The van der Waals surface area contributed by atoms with Gasteiger partial charge in [0.15, 0.2) is 0 Å². The highest BCUT2D eigenvalue weighted by atomic mass is 16.5. The summed E-state index contributed by atoms with van der Waals surface area (Å²) < 4.78 is 5.55. The van der Waals surface area contributed by atoms with Gasteiger partial charge in [-0.05, 0) is 31.7 Å². The number of hydrogen-bond donors (Lipinski definition) is 2. The maximum Gasteiger partial charge on any atom is 0.240 e. The molecule has 0 radical (unpaired) electrons. The van der Waals surface area contributed by atoms with Gasteiger partial charge in [0.05, 0.1) is 11.6 Å². The lowest BCUT2D eigenvalue weighted by atomic mass is 9.95. The van der Waals surface area contributed by atoms with Crippen molar-refractivity contribution in [3.05, 3.63) is 29.8 Å². The van der Waals surface area contributed by atoms with E-state index in [0.29, 0.717) is 12.5 Å². The van der Waals surface area contributed by atoms with Crippen molar-refractivity contribution in [2.75, 3.05) is 6.61 Å². The van der Waals surface area contributed by atoms with Crippen molar-refractivity contribution in [3.8, 4) is 5.75 Å². The van der Waals surface area contributed by atoms with Gasteiger partial charge in [-0.25, -0.2) is 0 Å². The highest BCUT2D eigenvalue weighted by Gasteiger charge is 2.45. The van der Waals surface area contributed by atoms with E-state index in [9.17, 15) is 4.79 Å². The first-order chi connectivity index (χ1) is 8.59. The first-order valence-corrected chi connectivity index (χ1v) is 6.40. The zero-order valence-corrected chi connectivity index (χ0v) is 10.5. The SMILES string of the molecule is CC(N)(C(=O)NC1COc2ccccc21)C1CC1. The molecule has 1 aromatic carbocycles. The third-order valence-corrected chi connectivity index (χ3v) is 3.92. The van der Waals surface area contributed by atoms with E-state index >= 15 is 0 Å². The molecule has 3 rings (SSSR count). The molecule has 2 unspecified atom stereocenters. The largest absolute Gasteiger partial charge is 0.491 e. The van der Waals surface area contributed by atoms with Gasteiger partial charge in [-0.1, -0.05) is 18.2 Å². The van der Waals surface area contributed by atoms with Gasteiger partial charge in [0.2, 0.25) is 5.91 Å². The van der Waals surface area contributed by atoms with Gasteiger partial charge in [-0.3, -0.25) is 4.79 Å². The summed E-state index contributed by atoms with van der Waals surface area (Å²) in [4.78, 5) is 12.2. The number of benzene rings is 1. The van der Waals surface area contributed by atoms with Crippen molar-refractivity contribution < 1.29 is 9.53 Å². The number of ether oxygens (including phenoxy) is 1. The van der Waals surface area contributed by atoms with Gasteiger partial charge in [0, 0.05) is 5.56 Å². The van der Waals surface area contributed by atoms with Crippen LogP contribution in [0.2, 0.25) is 0 Å². The van der Waals surface area contributed by atoms with Crippen molar-refractivity contribution in [1.29, 1.82) is 0 Å². The Morgan fingerprint density at radius 3 is 2.89 bits per heavy atom. The number of amides is 1. The number of hydrogen-bond acceptors (Lipinski definition) is 3. The standard InChI is InChI=1S/C14H18N2O2/c1-14(15,9-6-7-9)13(17)16-11-8-18-12-5-3-2-4-10(11)12/h2-5,9,11H,6-8,15H2,1H3,(H,16,17). The molecule has 1 aromatic rings. The molecule has 2 atom stereocenters. The molecule has 1 aliphatic carbocycles. The Bertz CT molecular complexity index is 480. The topological polar surface area (TPSA) is 64.4 Å². The fourth-order valence-electron chi connectivity index (χ4n) is 2.46. The van der Waals surface area contributed by atoms with Crippen LogP contribution >= 0.6 is 0 Å². The Labute approximate surface area is 107 Å². The molecular formula is C14H18N2O2. The van der Waals surface area contributed by atoms with Gasteiger partial charge in [-0.15, -0.1) is 0 Å². The minimum Gasteiger partial charge on any atom is -0.491 e. The average Bonchev–Trinajstić information content (AvgIpc) is 3.14. The van der Waals surface area contributed by atoms with Crippen LogP contribution in [0, 0.1) is 5.92 Å². The highest BCUT2D eigenvalue weighted by Crippen LogP contribution is 2.39. The smallest absolute Gasteiger partial charge is 0.240 e. The maximum absolute atomic E-state index is 12.2. The molecule has 0 aromatic heterocycles. The van der Waals surface area contributed by atoms with E-state index in [1.807, 2.05) is 31.2 Å². The summed E-state index contributed by atoms with van der Waals surface area (Å²) in [6.07, 6.45) is 2.11. The zero-order chi connectivity index (χ0) is 12.8.